The van der Waals surface area contributed by atoms with Gasteiger partial charge in [-0.1, -0.05) is 13.8 Å². The van der Waals surface area contributed by atoms with E-state index in [4.69, 9.17) is 5.73 Å². The molecule has 0 atom stereocenters. The highest BCUT2D eigenvalue weighted by Gasteiger charge is 2.12. The van der Waals surface area contributed by atoms with Crippen LogP contribution in [0.3, 0.4) is 0 Å². The van der Waals surface area contributed by atoms with Crippen LogP contribution in [0.5, 0.6) is 0 Å². The summed E-state index contributed by atoms with van der Waals surface area (Å²) in [6.45, 7) is 10.6. The molecule has 19 heavy (non-hydrogen) atoms. The van der Waals surface area contributed by atoms with Crippen molar-refractivity contribution in [2.45, 2.75) is 46.1 Å². The van der Waals surface area contributed by atoms with Crippen molar-refractivity contribution in [3.8, 4) is 0 Å². The van der Waals surface area contributed by atoms with Crippen LogP contribution in [0.25, 0.3) is 0 Å². The van der Waals surface area contributed by atoms with Crippen LogP contribution in [-0.4, -0.2) is 41.0 Å². The summed E-state index contributed by atoms with van der Waals surface area (Å²) in [6, 6.07) is 0.584. The third-order valence-corrected chi connectivity index (χ3v) is 3.35. The van der Waals surface area contributed by atoms with Crippen molar-refractivity contribution in [1.82, 2.24) is 14.9 Å². The number of anilines is 2. The van der Waals surface area contributed by atoms with E-state index in [1.54, 1.807) is 0 Å². The molecule has 3 N–H and O–H groups in total. The van der Waals surface area contributed by atoms with E-state index in [1.807, 2.05) is 0 Å². The van der Waals surface area contributed by atoms with Gasteiger partial charge < -0.3 is 16.0 Å². The van der Waals surface area contributed by atoms with Crippen molar-refractivity contribution >= 4 is 11.6 Å². The van der Waals surface area contributed by atoms with Gasteiger partial charge in [-0.25, -0.2) is 9.97 Å². The lowest BCUT2D eigenvalue weighted by atomic mass is 10.0. The zero-order valence-electron chi connectivity index (χ0n) is 12.8. The molecule has 5 nitrogen and oxygen atoms in total. The van der Waals surface area contributed by atoms with Crippen LogP contribution in [-0.2, 0) is 0 Å². The first-order valence-corrected chi connectivity index (χ1v) is 6.98. The number of rotatable bonds is 7. The molecule has 0 unspecified atom stereocenters. The van der Waals surface area contributed by atoms with E-state index in [1.165, 1.54) is 6.33 Å². The molecule has 0 fully saturated rings. The molecule has 0 aliphatic rings. The molecule has 0 saturated carbocycles. The van der Waals surface area contributed by atoms with Gasteiger partial charge >= 0.3 is 0 Å². The van der Waals surface area contributed by atoms with E-state index < -0.39 is 0 Å². The molecule has 108 valence electrons. The molecule has 0 spiro atoms. The van der Waals surface area contributed by atoms with Crippen LogP contribution >= 0.6 is 0 Å². The Kier molecular flexibility index (Phi) is 6.02. The molecule has 0 aromatic carbocycles. The Labute approximate surface area is 116 Å². The molecule has 1 aromatic heterocycles. The Hall–Kier alpha value is -1.36. The predicted octanol–water partition coefficient (Wildman–Crippen LogP) is 2.32. The molecule has 1 rings (SSSR count). The molecule has 0 aliphatic heterocycles. The van der Waals surface area contributed by atoms with Gasteiger partial charge in [0, 0.05) is 18.2 Å². The van der Waals surface area contributed by atoms with Crippen LogP contribution in [0.15, 0.2) is 6.33 Å². The van der Waals surface area contributed by atoms with Gasteiger partial charge in [-0.15, -0.1) is 0 Å². The van der Waals surface area contributed by atoms with E-state index >= 15 is 0 Å². The molecule has 1 heterocycles. The average Bonchev–Trinajstić information content (AvgIpc) is 2.33. The van der Waals surface area contributed by atoms with E-state index in [0.717, 1.165) is 30.9 Å². The second-order valence-electron chi connectivity index (χ2n) is 5.53. The van der Waals surface area contributed by atoms with Gasteiger partial charge in [-0.05, 0) is 39.8 Å². The van der Waals surface area contributed by atoms with E-state index in [2.05, 4.69) is 54.9 Å². The van der Waals surface area contributed by atoms with Gasteiger partial charge in [0.05, 0.1) is 0 Å². The number of nitrogens with one attached hydrogen (secondary N) is 1. The van der Waals surface area contributed by atoms with Crippen molar-refractivity contribution in [2.75, 3.05) is 31.2 Å². The topological polar surface area (TPSA) is 67.1 Å². The van der Waals surface area contributed by atoms with Crippen molar-refractivity contribution < 1.29 is 0 Å². The van der Waals surface area contributed by atoms with Gasteiger partial charge in [0.25, 0.3) is 0 Å². The summed E-state index contributed by atoms with van der Waals surface area (Å²) in [7, 11) is 2.15. The molecular weight excluding hydrogens is 238 g/mol. The first-order chi connectivity index (χ1) is 8.93. The number of aromatic nitrogens is 2. The molecule has 0 saturated heterocycles. The van der Waals surface area contributed by atoms with Gasteiger partial charge in [0.1, 0.15) is 18.0 Å². The fourth-order valence-electron chi connectivity index (χ4n) is 1.91. The maximum Gasteiger partial charge on any atom is 0.134 e. The first-order valence-electron chi connectivity index (χ1n) is 6.98. The van der Waals surface area contributed by atoms with Crippen molar-refractivity contribution in [1.29, 1.82) is 0 Å². The van der Waals surface area contributed by atoms with E-state index in [9.17, 15) is 0 Å². The van der Waals surface area contributed by atoms with Crippen LogP contribution < -0.4 is 11.1 Å². The third kappa shape index (κ3) is 4.67. The van der Waals surface area contributed by atoms with Crippen LogP contribution in [0.4, 0.5) is 11.6 Å². The quantitative estimate of drug-likeness (QED) is 0.741. The Bertz CT molecular complexity index is 389. The highest BCUT2D eigenvalue weighted by atomic mass is 15.1. The van der Waals surface area contributed by atoms with Crippen molar-refractivity contribution in [3.63, 3.8) is 0 Å². The fraction of sp³-hybridized carbons (Fsp3) is 0.714. The molecular formula is C14H27N5. The van der Waals surface area contributed by atoms with Crippen molar-refractivity contribution in [3.05, 3.63) is 11.9 Å². The summed E-state index contributed by atoms with van der Waals surface area (Å²) >= 11 is 0. The molecule has 0 amide bonds. The monoisotopic (exact) mass is 265 g/mol. The predicted molar refractivity (Wildman–Crippen MR) is 81.4 cm³/mol. The summed E-state index contributed by atoms with van der Waals surface area (Å²) in [6.07, 6.45) is 2.60. The zero-order valence-corrected chi connectivity index (χ0v) is 12.8. The van der Waals surface area contributed by atoms with Gasteiger partial charge in [0.15, 0.2) is 0 Å². The number of nitrogens with zero attached hydrogens (tertiary/aromatic N) is 3. The van der Waals surface area contributed by atoms with Crippen molar-refractivity contribution in [2.24, 2.45) is 0 Å². The summed E-state index contributed by atoms with van der Waals surface area (Å²) in [5.41, 5.74) is 6.93. The molecule has 0 radical (unpaired) electrons. The lowest BCUT2D eigenvalue weighted by Gasteiger charge is -2.21. The van der Waals surface area contributed by atoms with Crippen LogP contribution in [0, 0.1) is 0 Å². The van der Waals surface area contributed by atoms with E-state index in [-0.39, 0.29) is 0 Å². The van der Waals surface area contributed by atoms with Gasteiger partial charge in [0.2, 0.25) is 0 Å². The van der Waals surface area contributed by atoms with Crippen LogP contribution in [0.1, 0.15) is 45.6 Å². The Morgan fingerprint density at radius 3 is 2.53 bits per heavy atom. The number of nitrogen functional groups attached to an aromatic ring is 1. The Balaban J connectivity index is 2.52. The lowest BCUT2D eigenvalue weighted by molar-refractivity contribution is 0.273. The highest BCUT2D eigenvalue weighted by molar-refractivity contribution is 5.56. The molecule has 1 aromatic rings. The summed E-state index contributed by atoms with van der Waals surface area (Å²) in [4.78, 5) is 10.7. The zero-order chi connectivity index (χ0) is 14.4. The number of hydrogen-bond acceptors (Lipinski definition) is 5. The van der Waals surface area contributed by atoms with Gasteiger partial charge in [-0.2, -0.15) is 0 Å². The summed E-state index contributed by atoms with van der Waals surface area (Å²) in [5.74, 6) is 1.77. The largest absolute Gasteiger partial charge is 0.383 e. The fourth-order valence-corrected chi connectivity index (χ4v) is 1.91. The normalized spacial score (nSPS) is 11.6. The molecule has 5 heteroatoms. The first kappa shape index (κ1) is 15.7. The molecule has 0 bridgehead atoms. The second-order valence-corrected chi connectivity index (χ2v) is 5.53. The average molecular weight is 265 g/mol. The Morgan fingerprint density at radius 1 is 1.26 bits per heavy atom. The smallest absolute Gasteiger partial charge is 0.134 e. The summed E-state index contributed by atoms with van der Waals surface area (Å²) in [5, 5.41) is 3.37. The SMILES string of the molecule is CC(C)c1c(N)ncnc1NCCCN(C)C(C)C. The standard InChI is InChI=1S/C14H27N5/c1-10(2)12-13(15)17-9-18-14(12)16-7-6-8-19(5)11(3)4/h9-11H,6-8H2,1-5H3,(H3,15,16,17,18). The maximum absolute atomic E-state index is 5.92. The Morgan fingerprint density at radius 2 is 1.95 bits per heavy atom. The highest BCUT2D eigenvalue weighted by Crippen LogP contribution is 2.25. The van der Waals surface area contributed by atoms with E-state index in [0.29, 0.717) is 17.8 Å². The third-order valence-electron chi connectivity index (χ3n) is 3.35. The van der Waals surface area contributed by atoms with Crippen LogP contribution in [0.2, 0.25) is 0 Å². The maximum atomic E-state index is 5.92. The second kappa shape index (κ2) is 7.28. The summed E-state index contributed by atoms with van der Waals surface area (Å²) < 4.78 is 0. The minimum atomic E-state index is 0.321. The molecule has 0 aliphatic carbocycles. The van der Waals surface area contributed by atoms with Gasteiger partial charge in [-0.3, -0.25) is 0 Å². The number of hydrogen-bond donors (Lipinski definition) is 2. The number of nitrogens with two attached hydrogens (primary N) is 1. The minimum absolute atomic E-state index is 0.321. The minimum Gasteiger partial charge on any atom is -0.383 e. The lowest BCUT2D eigenvalue weighted by Crippen LogP contribution is -2.28.